The van der Waals surface area contributed by atoms with Gasteiger partial charge in [-0.15, -0.1) is 0 Å². The summed E-state index contributed by atoms with van der Waals surface area (Å²) in [5, 5.41) is 0.692. The second-order valence-electron chi connectivity index (χ2n) is 3.59. The van der Waals surface area contributed by atoms with E-state index in [1.807, 2.05) is 0 Å². The molecule has 0 aromatic heterocycles. The van der Waals surface area contributed by atoms with Crippen LogP contribution < -0.4 is 5.73 Å². The van der Waals surface area contributed by atoms with E-state index in [2.05, 4.69) is 0 Å². The van der Waals surface area contributed by atoms with E-state index in [4.69, 9.17) is 28.9 Å². The van der Waals surface area contributed by atoms with Crippen LogP contribution in [0.25, 0.3) is 0 Å². The SMILES string of the molecule is NC1(C(=O)c2cccc(Cl)c2Cl)CC1.[NaH]. The predicted molar refractivity (Wildman–Crippen MR) is 64.1 cm³/mol. The number of ketones is 1. The fourth-order valence-electron chi connectivity index (χ4n) is 1.31. The molecule has 1 saturated carbocycles. The number of benzene rings is 1. The molecular formula is C10H10Cl2NNaO. The number of nitrogens with two attached hydrogens (primary N) is 1. The average Bonchev–Trinajstić information content (AvgIpc) is 2.89. The first-order valence-electron chi connectivity index (χ1n) is 4.32. The van der Waals surface area contributed by atoms with Crippen LogP contribution in [0, 0.1) is 0 Å². The minimum absolute atomic E-state index is 0. The van der Waals surface area contributed by atoms with Gasteiger partial charge in [0, 0.05) is 5.56 Å². The van der Waals surface area contributed by atoms with Crippen LogP contribution in [-0.4, -0.2) is 40.9 Å². The molecule has 1 aromatic carbocycles. The first kappa shape index (κ1) is 13.5. The summed E-state index contributed by atoms with van der Waals surface area (Å²) in [6.45, 7) is 0. The molecule has 0 unspecified atom stereocenters. The molecule has 2 nitrogen and oxygen atoms in total. The van der Waals surface area contributed by atoms with Crippen LogP contribution in [0.3, 0.4) is 0 Å². The molecule has 0 radical (unpaired) electrons. The molecule has 0 heterocycles. The Morgan fingerprint density at radius 2 is 1.93 bits per heavy atom. The number of carbonyl (C=O) groups excluding carboxylic acids is 1. The first-order valence-corrected chi connectivity index (χ1v) is 5.08. The minimum atomic E-state index is -0.686. The average molecular weight is 254 g/mol. The van der Waals surface area contributed by atoms with Crippen LogP contribution in [0.1, 0.15) is 23.2 Å². The summed E-state index contributed by atoms with van der Waals surface area (Å²) in [4.78, 5) is 11.8. The molecule has 1 aromatic rings. The number of halogens is 2. The van der Waals surface area contributed by atoms with Crippen LogP contribution in [-0.2, 0) is 0 Å². The molecule has 76 valence electrons. The first-order chi connectivity index (χ1) is 6.54. The summed E-state index contributed by atoms with van der Waals surface area (Å²) >= 11 is 11.7. The Hall–Kier alpha value is 0.430. The van der Waals surface area contributed by atoms with Crippen molar-refractivity contribution < 1.29 is 4.79 Å². The van der Waals surface area contributed by atoms with Crippen molar-refractivity contribution in [2.45, 2.75) is 18.4 Å². The molecule has 1 aliphatic carbocycles. The molecule has 0 saturated heterocycles. The third-order valence-electron chi connectivity index (χ3n) is 2.44. The summed E-state index contributed by atoms with van der Waals surface area (Å²) in [6.07, 6.45) is 1.46. The van der Waals surface area contributed by atoms with Crippen LogP contribution in [0.2, 0.25) is 10.0 Å². The normalized spacial score (nSPS) is 16.7. The van der Waals surface area contributed by atoms with Gasteiger partial charge in [-0.05, 0) is 25.0 Å². The van der Waals surface area contributed by atoms with E-state index in [1.54, 1.807) is 18.2 Å². The van der Waals surface area contributed by atoms with Crippen LogP contribution in [0.4, 0.5) is 0 Å². The van der Waals surface area contributed by atoms with Crippen molar-refractivity contribution in [2.24, 2.45) is 5.73 Å². The maximum absolute atomic E-state index is 11.8. The van der Waals surface area contributed by atoms with Gasteiger partial charge in [0.1, 0.15) is 0 Å². The Labute approximate surface area is 120 Å². The third-order valence-corrected chi connectivity index (χ3v) is 3.26. The van der Waals surface area contributed by atoms with Gasteiger partial charge in [-0.1, -0.05) is 29.3 Å². The number of hydrogen-bond donors (Lipinski definition) is 1. The van der Waals surface area contributed by atoms with Gasteiger partial charge in [-0.2, -0.15) is 0 Å². The van der Waals surface area contributed by atoms with E-state index < -0.39 is 5.54 Å². The summed E-state index contributed by atoms with van der Waals surface area (Å²) in [5.74, 6) is -0.106. The molecule has 0 bridgehead atoms. The van der Waals surface area contributed by atoms with Crippen molar-refractivity contribution >= 4 is 58.5 Å². The van der Waals surface area contributed by atoms with Gasteiger partial charge < -0.3 is 5.73 Å². The van der Waals surface area contributed by atoms with Gasteiger partial charge >= 0.3 is 29.6 Å². The number of rotatable bonds is 2. The standard InChI is InChI=1S/C10H9Cl2NO.Na.H/c11-7-3-1-2-6(8(7)12)9(14)10(13)4-5-10;;/h1-3H,4-5,13H2;;. The molecular weight excluding hydrogens is 244 g/mol. The second-order valence-corrected chi connectivity index (χ2v) is 4.37. The van der Waals surface area contributed by atoms with Crippen LogP contribution >= 0.6 is 23.2 Å². The zero-order valence-electron chi connectivity index (χ0n) is 7.39. The van der Waals surface area contributed by atoms with Gasteiger partial charge in [0.2, 0.25) is 0 Å². The van der Waals surface area contributed by atoms with Crippen molar-refractivity contribution in [1.29, 1.82) is 0 Å². The van der Waals surface area contributed by atoms with E-state index in [0.29, 0.717) is 15.6 Å². The van der Waals surface area contributed by atoms with Crippen molar-refractivity contribution in [3.8, 4) is 0 Å². The van der Waals surface area contributed by atoms with Gasteiger partial charge in [0.15, 0.2) is 5.78 Å². The summed E-state index contributed by atoms with van der Waals surface area (Å²) < 4.78 is 0. The zero-order valence-corrected chi connectivity index (χ0v) is 8.90. The molecule has 1 fully saturated rings. The summed E-state index contributed by atoms with van der Waals surface area (Å²) in [6, 6.07) is 5.01. The van der Waals surface area contributed by atoms with Gasteiger partial charge in [-0.3, -0.25) is 4.79 Å². The van der Waals surface area contributed by atoms with E-state index in [1.165, 1.54) is 0 Å². The molecule has 15 heavy (non-hydrogen) atoms. The molecule has 5 heteroatoms. The number of Topliss-reactive ketones (excluding diaryl/α,β-unsaturated/α-hetero) is 1. The van der Waals surface area contributed by atoms with E-state index >= 15 is 0 Å². The zero-order chi connectivity index (χ0) is 10.3. The Bertz CT molecular complexity index is 404. The van der Waals surface area contributed by atoms with Gasteiger partial charge in [0.05, 0.1) is 15.6 Å². The second kappa shape index (κ2) is 4.74. The molecule has 0 aliphatic heterocycles. The molecule has 0 atom stereocenters. The van der Waals surface area contributed by atoms with Crippen molar-refractivity contribution in [1.82, 2.24) is 0 Å². The van der Waals surface area contributed by atoms with Crippen molar-refractivity contribution in [2.75, 3.05) is 0 Å². The van der Waals surface area contributed by atoms with Crippen LogP contribution in [0.5, 0.6) is 0 Å². The van der Waals surface area contributed by atoms with E-state index in [9.17, 15) is 4.79 Å². The molecule has 0 spiro atoms. The molecule has 2 rings (SSSR count). The molecule has 0 amide bonds. The fourth-order valence-corrected chi connectivity index (χ4v) is 1.70. The van der Waals surface area contributed by atoms with E-state index in [0.717, 1.165) is 12.8 Å². The summed E-state index contributed by atoms with van der Waals surface area (Å²) in [5.41, 5.74) is 5.53. The van der Waals surface area contributed by atoms with Gasteiger partial charge in [-0.25, -0.2) is 0 Å². The fraction of sp³-hybridized carbons (Fsp3) is 0.300. The van der Waals surface area contributed by atoms with Crippen molar-refractivity contribution in [3.05, 3.63) is 33.8 Å². The Balaban J connectivity index is 0.00000112. The maximum atomic E-state index is 11.8. The monoisotopic (exact) mass is 253 g/mol. The van der Waals surface area contributed by atoms with E-state index in [-0.39, 0.29) is 35.3 Å². The topological polar surface area (TPSA) is 43.1 Å². The van der Waals surface area contributed by atoms with Crippen molar-refractivity contribution in [3.63, 3.8) is 0 Å². The Morgan fingerprint density at radius 1 is 1.33 bits per heavy atom. The third kappa shape index (κ3) is 2.57. The summed E-state index contributed by atoms with van der Waals surface area (Å²) in [7, 11) is 0. The quantitative estimate of drug-likeness (QED) is 0.648. The Kier molecular flexibility index (Phi) is 4.27. The number of carbonyl (C=O) groups is 1. The predicted octanol–water partition coefficient (Wildman–Crippen LogP) is 2.02. The van der Waals surface area contributed by atoms with Gasteiger partial charge in [0.25, 0.3) is 0 Å². The number of hydrogen-bond acceptors (Lipinski definition) is 2. The van der Waals surface area contributed by atoms with Crippen LogP contribution in [0.15, 0.2) is 18.2 Å². The molecule has 1 aliphatic rings. The Morgan fingerprint density at radius 3 is 2.47 bits per heavy atom. The molecule has 2 N–H and O–H groups in total.